The second-order valence-corrected chi connectivity index (χ2v) is 13.1. The minimum absolute atomic E-state index is 0.219. The summed E-state index contributed by atoms with van der Waals surface area (Å²) >= 11 is 0. The van der Waals surface area contributed by atoms with E-state index in [0.717, 1.165) is 17.9 Å². The van der Waals surface area contributed by atoms with E-state index < -0.39 is 13.9 Å². The number of hydrogen-bond acceptors (Lipinski definition) is 3. The van der Waals surface area contributed by atoms with Crippen LogP contribution in [0.15, 0.2) is 17.8 Å². The van der Waals surface area contributed by atoms with Gasteiger partial charge in [-0.25, -0.2) is 4.39 Å². The number of fused-ring (bicyclic) bond motifs is 1. The van der Waals surface area contributed by atoms with Crippen LogP contribution >= 0.6 is 0 Å². The van der Waals surface area contributed by atoms with Crippen LogP contribution in [0.25, 0.3) is 17.0 Å². The fourth-order valence-electron chi connectivity index (χ4n) is 2.43. The quantitative estimate of drug-likeness (QED) is 0.413. The topological polar surface area (TPSA) is 44.1 Å². The Morgan fingerprint density at radius 2 is 2.08 bits per heavy atom. The minimum atomic E-state index is -1.18. The lowest BCUT2D eigenvalue weighted by molar-refractivity contribution is 0.0863. The van der Waals surface area contributed by atoms with Crippen molar-refractivity contribution in [3.63, 3.8) is 0 Å². The molecule has 2 heterocycles. The van der Waals surface area contributed by atoms with Crippen LogP contribution in [0.5, 0.6) is 0 Å². The number of carbonyl (C=O) groups excluding carboxylic acids is 1. The number of halogens is 1. The Balaban J connectivity index is 2.41. The highest BCUT2D eigenvalue weighted by Crippen LogP contribution is 2.26. The average Bonchev–Trinajstić information content (AvgIpc) is 2.85. The van der Waals surface area contributed by atoms with Crippen LogP contribution in [0.3, 0.4) is 0 Å². The van der Waals surface area contributed by atoms with Gasteiger partial charge in [-0.1, -0.05) is 25.2 Å². The zero-order valence-corrected chi connectivity index (χ0v) is 16.0. The Kier molecular flexibility index (Phi) is 5.72. The molecule has 0 saturated carbocycles. The maximum Gasteiger partial charge on any atom is 0.166 e. The van der Waals surface area contributed by atoms with E-state index in [0.29, 0.717) is 28.9 Å². The fraction of sp³-hybridized carbons (Fsp3) is 0.444. The number of nitrogens with zero attached hydrogens (tertiary/aromatic N) is 2. The summed E-state index contributed by atoms with van der Waals surface area (Å²) in [6.07, 6.45) is 3.81. The highest BCUT2D eigenvalue weighted by atomic mass is 28.3. The standard InChI is InChI=1S/C18H25FN2O2Si/c1-13(2)8-17-18-15(16(19)10-20-17)9-14(11-22)21(18)12-23-6-7-24(3,4)5/h8-11H,6-7,12H2,1-5H3. The number of aldehydes is 1. The van der Waals surface area contributed by atoms with Gasteiger partial charge in [0.25, 0.3) is 0 Å². The second-order valence-electron chi connectivity index (χ2n) is 7.44. The Bertz CT molecular complexity index is 771. The van der Waals surface area contributed by atoms with Crippen molar-refractivity contribution in [1.29, 1.82) is 0 Å². The predicted octanol–water partition coefficient (Wildman–Crippen LogP) is 4.72. The first-order valence-corrected chi connectivity index (χ1v) is 11.8. The van der Waals surface area contributed by atoms with Crippen LogP contribution < -0.4 is 0 Å². The zero-order chi connectivity index (χ0) is 17.9. The molecule has 24 heavy (non-hydrogen) atoms. The van der Waals surface area contributed by atoms with Gasteiger partial charge in [0.1, 0.15) is 6.73 Å². The number of aromatic nitrogens is 2. The lowest BCUT2D eigenvalue weighted by atomic mass is 10.2. The van der Waals surface area contributed by atoms with E-state index in [1.54, 1.807) is 10.6 Å². The van der Waals surface area contributed by atoms with Crippen molar-refractivity contribution in [3.8, 4) is 0 Å². The molecule has 0 radical (unpaired) electrons. The molecular formula is C18H25FN2O2Si. The van der Waals surface area contributed by atoms with Crippen molar-refractivity contribution in [1.82, 2.24) is 9.55 Å². The average molecular weight is 348 g/mol. The number of pyridine rings is 1. The van der Waals surface area contributed by atoms with Crippen LogP contribution in [0.2, 0.25) is 25.7 Å². The van der Waals surface area contributed by atoms with E-state index in [9.17, 15) is 9.18 Å². The maximum absolute atomic E-state index is 14.1. The van der Waals surface area contributed by atoms with Gasteiger partial charge in [-0.15, -0.1) is 0 Å². The lowest BCUT2D eigenvalue weighted by Crippen LogP contribution is -2.22. The van der Waals surface area contributed by atoms with E-state index in [4.69, 9.17) is 4.74 Å². The number of carbonyl (C=O) groups is 1. The second kappa shape index (κ2) is 7.40. The number of hydrogen-bond donors (Lipinski definition) is 0. The summed E-state index contributed by atoms with van der Waals surface area (Å²) in [6, 6.07) is 2.60. The summed E-state index contributed by atoms with van der Waals surface area (Å²) in [5, 5.41) is 0.397. The molecule has 0 amide bonds. The van der Waals surface area contributed by atoms with Crippen molar-refractivity contribution < 1.29 is 13.9 Å². The van der Waals surface area contributed by atoms with Gasteiger partial charge in [-0.05, 0) is 32.0 Å². The number of ether oxygens (including phenoxy) is 1. The van der Waals surface area contributed by atoms with Gasteiger partial charge in [-0.3, -0.25) is 9.78 Å². The van der Waals surface area contributed by atoms with E-state index in [-0.39, 0.29) is 6.73 Å². The van der Waals surface area contributed by atoms with Gasteiger partial charge in [0, 0.05) is 20.1 Å². The maximum atomic E-state index is 14.1. The molecule has 2 rings (SSSR count). The highest BCUT2D eigenvalue weighted by Gasteiger charge is 2.17. The number of allylic oxidation sites excluding steroid dienone is 1. The van der Waals surface area contributed by atoms with E-state index >= 15 is 0 Å². The molecule has 0 N–H and O–H groups in total. The molecule has 0 atom stereocenters. The van der Waals surface area contributed by atoms with E-state index in [2.05, 4.69) is 24.6 Å². The van der Waals surface area contributed by atoms with Gasteiger partial charge in [0.2, 0.25) is 0 Å². The summed E-state index contributed by atoms with van der Waals surface area (Å²) in [7, 11) is -1.18. The molecule has 4 nitrogen and oxygen atoms in total. The zero-order valence-electron chi connectivity index (χ0n) is 15.0. The molecule has 2 aromatic heterocycles. The smallest absolute Gasteiger partial charge is 0.166 e. The summed E-state index contributed by atoms with van der Waals surface area (Å²) in [5.41, 5.74) is 2.70. The van der Waals surface area contributed by atoms with E-state index in [1.807, 2.05) is 19.9 Å². The first kappa shape index (κ1) is 18.5. The molecule has 0 fully saturated rings. The molecule has 2 aromatic rings. The largest absolute Gasteiger partial charge is 0.361 e. The van der Waals surface area contributed by atoms with Crippen LogP contribution in [0.1, 0.15) is 30.0 Å². The third kappa shape index (κ3) is 4.39. The van der Waals surface area contributed by atoms with Crippen LogP contribution in [0.4, 0.5) is 4.39 Å². The Morgan fingerprint density at radius 3 is 2.67 bits per heavy atom. The Labute approximate surface area is 143 Å². The van der Waals surface area contributed by atoms with Crippen LogP contribution in [-0.4, -0.2) is 30.5 Å². The Morgan fingerprint density at radius 1 is 1.38 bits per heavy atom. The molecule has 0 bridgehead atoms. The predicted molar refractivity (Wildman–Crippen MR) is 98.5 cm³/mol. The van der Waals surface area contributed by atoms with Gasteiger partial charge < -0.3 is 9.30 Å². The van der Waals surface area contributed by atoms with Crippen molar-refractivity contribution >= 4 is 31.3 Å². The molecule has 0 aliphatic rings. The first-order valence-electron chi connectivity index (χ1n) is 8.08. The molecular weight excluding hydrogens is 323 g/mol. The molecule has 130 valence electrons. The van der Waals surface area contributed by atoms with Crippen molar-refractivity contribution in [2.75, 3.05) is 6.61 Å². The number of rotatable bonds is 7. The fourth-order valence-corrected chi connectivity index (χ4v) is 3.19. The summed E-state index contributed by atoms with van der Waals surface area (Å²) in [5.74, 6) is -0.431. The SMILES string of the molecule is CC(C)=Cc1ncc(F)c2cc(C=O)n(COCC[Si](C)(C)C)c12. The summed E-state index contributed by atoms with van der Waals surface area (Å²) < 4.78 is 21.6. The molecule has 0 aliphatic heterocycles. The van der Waals surface area contributed by atoms with Gasteiger partial charge >= 0.3 is 0 Å². The molecule has 0 unspecified atom stereocenters. The van der Waals surface area contributed by atoms with Gasteiger partial charge in [0.05, 0.1) is 23.1 Å². The summed E-state index contributed by atoms with van der Waals surface area (Å²) in [4.78, 5) is 15.6. The molecule has 0 spiro atoms. The molecule has 0 saturated heterocycles. The third-order valence-corrected chi connectivity index (χ3v) is 5.41. The van der Waals surface area contributed by atoms with E-state index in [1.165, 1.54) is 6.20 Å². The normalized spacial score (nSPS) is 11.8. The molecule has 0 aromatic carbocycles. The molecule has 0 aliphatic carbocycles. The minimum Gasteiger partial charge on any atom is -0.361 e. The molecule has 6 heteroatoms. The highest BCUT2D eigenvalue weighted by molar-refractivity contribution is 6.76. The summed E-state index contributed by atoms with van der Waals surface area (Å²) in [6.45, 7) is 11.6. The van der Waals surface area contributed by atoms with Crippen molar-refractivity contribution in [2.45, 2.75) is 46.3 Å². The van der Waals surface area contributed by atoms with Crippen LogP contribution in [0, 0.1) is 5.82 Å². The van der Waals surface area contributed by atoms with Crippen molar-refractivity contribution in [3.05, 3.63) is 35.0 Å². The third-order valence-electron chi connectivity index (χ3n) is 3.71. The van der Waals surface area contributed by atoms with Gasteiger partial charge in [-0.2, -0.15) is 0 Å². The lowest BCUT2D eigenvalue weighted by Gasteiger charge is -2.16. The van der Waals surface area contributed by atoms with Crippen molar-refractivity contribution in [2.24, 2.45) is 0 Å². The van der Waals surface area contributed by atoms with Gasteiger partial charge in [0.15, 0.2) is 12.1 Å². The first-order chi connectivity index (χ1) is 11.2. The van der Waals surface area contributed by atoms with Crippen LogP contribution in [-0.2, 0) is 11.5 Å². The monoisotopic (exact) mass is 348 g/mol. The Hall–Kier alpha value is -1.79.